The van der Waals surface area contributed by atoms with Crippen LogP contribution in [0.5, 0.6) is 0 Å². The molecule has 0 spiro atoms. The number of anilines is 1. The van der Waals surface area contributed by atoms with Crippen LogP contribution in [-0.2, 0) is 0 Å². The number of rotatable bonds is 5. The Hall–Kier alpha value is -2.93. The number of H-pyrrole nitrogens is 1. The lowest BCUT2D eigenvalue weighted by Crippen LogP contribution is -2.39. The topological polar surface area (TPSA) is 103 Å². The lowest BCUT2D eigenvalue weighted by Gasteiger charge is -2.26. The van der Waals surface area contributed by atoms with Crippen molar-refractivity contribution in [3.8, 4) is 11.1 Å². The van der Waals surface area contributed by atoms with E-state index in [0.717, 1.165) is 53.4 Å². The molecule has 1 aliphatic rings. The first kappa shape index (κ1) is 19.4. The van der Waals surface area contributed by atoms with Crippen molar-refractivity contribution in [2.24, 2.45) is 0 Å². The Morgan fingerprint density at radius 2 is 1.97 bits per heavy atom. The second-order valence-electron chi connectivity index (χ2n) is 8.04. The Morgan fingerprint density at radius 1 is 1.17 bits per heavy atom. The largest absolute Gasteiger partial charge is 0.393 e. The molecule has 4 rings (SSSR count). The van der Waals surface area contributed by atoms with E-state index in [2.05, 4.69) is 39.7 Å². The fourth-order valence-corrected chi connectivity index (χ4v) is 3.88. The molecule has 3 aromatic rings. The molecular formula is C22H27N5O2. The number of carbonyl (C=O) groups excluding carboxylic acids is 1. The minimum atomic E-state index is -0.245. The first-order valence-corrected chi connectivity index (χ1v) is 10.2. The summed E-state index contributed by atoms with van der Waals surface area (Å²) in [5.74, 6) is -0.127. The minimum absolute atomic E-state index is 0.0887. The Kier molecular flexibility index (Phi) is 5.49. The highest BCUT2D eigenvalue weighted by Gasteiger charge is 2.23. The Bertz CT molecular complexity index is 992. The zero-order chi connectivity index (χ0) is 20.4. The zero-order valence-electron chi connectivity index (χ0n) is 16.8. The van der Waals surface area contributed by atoms with Gasteiger partial charge in [0.05, 0.1) is 29.1 Å². The summed E-state index contributed by atoms with van der Waals surface area (Å²) in [6.45, 7) is 4.10. The van der Waals surface area contributed by atoms with E-state index in [-0.39, 0.29) is 24.1 Å². The van der Waals surface area contributed by atoms with Crippen molar-refractivity contribution in [1.29, 1.82) is 0 Å². The Labute approximate surface area is 169 Å². The van der Waals surface area contributed by atoms with Crippen LogP contribution in [0.3, 0.4) is 0 Å². The zero-order valence-corrected chi connectivity index (χ0v) is 16.8. The van der Waals surface area contributed by atoms with Crippen LogP contribution in [0.1, 0.15) is 49.9 Å². The maximum Gasteiger partial charge on any atom is 0.255 e. The highest BCUT2D eigenvalue weighted by molar-refractivity contribution is 6.08. The highest BCUT2D eigenvalue weighted by Crippen LogP contribution is 2.31. The lowest BCUT2D eigenvalue weighted by atomic mass is 9.93. The summed E-state index contributed by atoms with van der Waals surface area (Å²) in [6, 6.07) is 6.27. The van der Waals surface area contributed by atoms with Crippen LogP contribution in [-0.4, -0.2) is 44.4 Å². The average Bonchev–Trinajstić information content (AvgIpc) is 3.24. The molecule has 7 heteroatoms. The number of nitrogens with zero attached hydrogens (tertiary/aromatic N) is 2. The molecule has 4 N–H and O–H groups in total. The second kappa shape index (κ2) is 8.21. The maximum atomic E-state index is 13.1. The van der Waals surface area contributed by atoms with Crippen molar-refractivity contribution in [2.75, 3.05) is 5.32 Å². The molecule has 2 heterocycles. The molecule has 29 heavy (non-hydrogen) atoms. The predicted octanol–water partition coefficient (Wildman–Crippen LogP) is 3.48. The van der Waals surface area contributed by atoms with Crippen molar-refractivity contribution in [3.63, 3.8) is 0 Å². The number of amides is 1. The smallest absolute Gasteiger partial charge is 0.255 e. The van der Waals surface area contributed by atoms with Gasteiger partial charge in [0, 0.05) is 35.4 Å². The fourth-order valence-electron chi connectivity index (χ4n) is 3.88. The summed E-state index contributed by atoms with van der Waals surface area (Å²) in [6.07, 6.45) is 8.08. The monoisotopic (exact) mass is 393 g/mol. The van der Waals surface area contributed by atoms with E-state index < -0.39 is 0 Å². The molecule has 0 unspecified atom stereocenters. The average molecular weight is 393 g/mol. The van der Waals surface area contributed by atoms with Gasteiger partial charge in [-0.3, -0.25) is 14.9 Å². The van der Waals surface area contributed by atoms with Gasteiger partial charge >= 0.3 is 0 Å². The van der Waals surface area contributed by atoms with Crippen LogP contribution < -0.4 is 10.6 Å². The number of aliphatic hydroxyl groups excluding tert-OH is 1. The summed E-state index contributed by atoms with van der Waals surface area (Å²) in [4.78, 5) is 17.6. The van der Waals surface area contributed by atoms with Crippen LogP contribution in [0.15, 0.2) is 36.8 Å². The van der Waals surface area contributed by atoms with Gasteiger partial charge in [-0.05, 0) is 57.2 Å². The van der Waals surface area contributed by atoms with Gasteiger partial charge in [0.2, 0.25) is 0 Å². The van der Waals surface area contributed by atoms with E-state index >= 15 is 0 Å². The molecule has 2 aromatic heterocycles. The molecular weight excluding hydrogens is 366 g/mol. The molecule has 0 aliphatic heterocycles. The van der Waals surface area contributed by atoms with E-state index in [9.17, 15) is 9.90 Å². The van der Waals surface area contributed by atoms with E-state index in [1.807, 2.05) is 24.4 Å². The number of carbonyl (C=O) groups is 1. The van der Waals surface area contributed by atoms with Crippen molar-refractivity contribution in [1.82, 2.24) is 20.5 Å². The summed E-state index contributed by atoms with van der Waals surface area (Å²) in [5, 5.41) is 24.1. The number of aromatic amines is 1. The van der Waals surface area contributed by atoms with Gasteiger partial charge in [-0.1, -0.05) is 6.07 Å². The molecule has 1 fully saturated rings. The van der Waals surface area contributed by atoms with Crippen molar-refractivity contribution in [2.45, 2.75) is 57.7 Å². The number of aromatic nitrogens is 3. The number of hydrogen-bond acceptors (Lipinski definition) is 5. The van der Waals surface area contributed by atoms with Crippen LogP contribution in [0.4, 0.5) is 5.69 Å². The van der Waals surface area contributed by atoms with E-state index in [1.165, 1.54) is 0 Å². The molecule has 0 atom stereocenters. The highest BCUT2D eigenvalue weighted by atomic mass is 16.3. The van der Waals surface area contributed by atoms with Gasteiger partial charge in [0.25, 0.3) is 5.91 Å². The third kappa shape index (κ3) is 4.24. The third-order valence-corrected chi connectivity index (χ3v) is 5.41. The van der Waals surface area contributed by atoms with Gasteiger partial charge in [0.15, 0.2) is 0 Å². The lowest BCUT2D eigenvalue weighted by molar-refractivity contribution is 0.0868. The first-order chi connectivity index (χ1) is 14.0. The number of hydrogen-bond donors (Lipinski definition) is 4. The number of aliphatic hydroxyl groups is 1. The molecule has 1 amide bonds. The first-order valence-electron chi connectivity index (χ1n) is 10.2. The minimum Gasteiger partial charge on any atom is -0.393 e. The molecule has 0 bridgehead atoms. The van der Waals surface area contributed by atoms with E-state index in [4.69, 9.17) is 0 Å². The van der Waals surface area contributed by atoms with Gasteiger partial charge in [-0.2, -0.15) is 5.10 Å². The SMILES string of the molecule is CC(C)Nc1c(C(=O)N[C@H]2CC[C@H](O)CC2)cnc2ccc(-c3cn[nH]c3)cc12. The molecule has 0 radical (unpaired) electrons. The molecule has 1 saturated carbocycles. The third-order valence-electron chi connectivity index (χ3n) is 5.41. The Morgan fingerprint density at radius 3 is 2.66 bits per heavy atom. The summed E-state index contributed by atoms with van der Waals surface area (Å²) >= 11 is 0. The van der Waals surface area contributed by atoms with Crippen molar-refractivity contribution >= 4 is 22.5 Å². The maximum absolute atomic E-state index is 13.1. The standard InChI is InChI=1S/C22H27N5O2/c1-13(2)26-21-18-9-14(15-10-24-25-11-15)3-8-20(18)23-12-19(21)22(29)27-16-4-6-17(28)7-5-16/h3,8-13,16-17,28H,4-7H2,1-2H3,(H,23,26)(H,24,25)(H,27,29)/t16-,17-. The van der Waals surface area contributed by atoms with Crippen LogP contribution in [0.25, 0.3) is 22.0 Å². The molecule has 7 nitrogen and oxygen atoms in total. The Balaban J connectivity index is 1.71. The van der Waals surface area contributed by atoms with Gasteiger partial charge in [0.1, 0.15) is 0 Å². The quantitative estimate of drug-likeness (QED) is 0.531. The number of nitrogens with one attached hydrogen (secondary N) is 3. The van der Waals surface area contributed by atoms with Crippen LogP contribution >= 0.6 is 0 Å². The van der Waals surface area contributed by atoms with Crippen LogP contribution in [0.2, 0.25) is 0 Å². The summed E-state index contributed by atoms with van der Waals surface area (Å²) in [5.41, 5.74) is 4.17. The number of fused-ring (bicyclic) bond motifs is 1. The fraction of sp³-hybridized carbons (Fsp3) is 0.409. The van der Waals surface area contributed by atoms with Gasteiger partial charge < -0.3 is 15.7 Å². The normalized spacial score (nSPS) is 19.4. The number of pyridine rings is 1. The van der Waals surface area contributed by atoms with Gasteiger partial charge in [-0.25, -0.2) is 0 Å². The predicted molar refractivity (Wildman–Crippen MR) is 114 cm³/mol. The van der Waals surface area contributed by atoms with E-state index in [0.29, 0.717) is 5.56 Å². The van der Waals surface area contributed by atoms with Crippen molar-refractivity contribution in [3.05, 3.63) is 42.4 Å². The molecule has 1 aromatic carbocycles. The second-order valence-corrected chi connectivity index (χ2v) is 8.04. The number of benzene rings is 1. The molecule has 1 aliphatic carbocycles. The van der Waals surface area contributed by atoms with Crippen molar-refractivity contribution < 1.29 is 9.90 Å². The summed E-state index contributed by atoms with van der Waals surface area (Å²) in [7, 11) is 0. The summed E-state index contributed by atoms with van der Waals surface area (Å²) < 4.78 is 0. The molecule has 0 saturated heterocycles. The molecule has 152 valence electrons. The van der Waals surface area contributed by atoms with E-state index in [1.54, 1.807) is 12.4 Å². The van der Waals surface area contributed by atoms with Crippen LogP contribution in [0, 0.1) is 0 Å². The van der Waals surface area contributed by atoms with Gasteiger partial charge in [-0.15, -0.1) is 0 Å².